The molecule has 0 spiro atoms. The van der Waals surface area contributed by atoms with Gasteiger partial charge in [0.1, 0.15) is 7.85 Å². The third-order valence-electron chi connectivity index (χ3n) is 0.581. The minimum absolute atomic E-state index is 1.10. The minimum Gasteiger partial charge on any atom is -0.267 e. The maximum atomic E-state index is 4.08. The van der Waals surface area contributed by atoms with Gasteiger partial charge in [0.05, 0.1) is 0 Å². The van der Waals surface area contributed by atoms with Crippen molar-refractivity contribution in [1.82, 2.24) is 0 Å². The van der Waals surface area contributed by atoms with Crippen molar-refractivity contribution in [2.45, 2.75) is 20.8 Å². The summed E-state index contributed by atoms with van der Waals surface area (Å²) in [7, 11) is 2.03. The largest absolute Gasteiger partial charge is 0.267 e. The molecule has 0 atom stereocenters. The van der Waals surface area contributed by atoms with Gasteiger partial charge in [0.2, 0.25) is 0 Å². The average Bonchev–Trinajstić information content (AvgIpc) is 1.61. The summed E-state index contributed by atoms with van der Waals surface area (Å²) in [6.07, 6.45) is 1.87. The minimum atomic E-state index is 1.10. The Balaban J connectivity index is 3.76. The summed E-state index contributed by atoms with van der Waals surface area (Å²) in [4.78, 5) is 4.08. The Morgan fingerprint density at radius 3 is 2.00 bits per heavy atom. The van der Waals surface area contributed by atoms with Crippen LogP contribution in [0.25, 0.3) is 0 Å². The molecular weight excluding hydrogens is 96.9 g/mol. The van der Waals surface area contributed by atoms with Crippen molar-refractivity contribution in [2.24, 2.45) is 4.99 Å². The van der Waals surface area contributed by atoms with Gasteiger partial charge in [-0.25, -0.2) is 0 Å². The van der Waals surface area contributed by atoms with Crippen molar-refractivity contribution >= 4 is 13.6 Å². The smallest absolute Gasteiger partial charge is 0.135 e. The second kappa shape index (κ2) is 3.47. The Morgan fingerprint density at radius 1 is 1.38 bits per heavy atom. The van der Waals surface area contributed by atoms with Crippen molar-refractivity contribution in [1.29, 1.82) is 0 Å². The van der Waals surface area contributed by atoms with E-state index >= 15 is 0 Å². The highest BCUT2D eigenvalue weighted by Gasteiger charge is 1.73. The molecule has 0 aromatic carbocycles. The number of hydrogen-bond donors (Lipinski definition) is 0. The molecule has 0 aromatic heterocycles. The maximum Gasteiger partial charge on any atom is 0.135 e. The number of allylic oxidation sites excluding steroid dienone is 1. The highest BCUT2D eigenvalue weighted by molar-refractivity contribution is 6.21. The lowest BCUT2D eigenvalue weighted by atomic mass is 10.00. The van der Waals surface area contributed by atoms with E-state index in [2.05, 4.69) is 4.99 Å². The molecule has 0 rings (SSSR count). The normalized spacial score (nSPS) is 11.1. The number of hydrogen-bond acceptors (Lipinski definition) is 1. The average molecular weight is 109 g/mol. The first-order chi connectivity index (χ1) is 3.63. The molecule has 0 saturated carbocycles. The van der Waals surface area contributed by atoms with Crippen LogP contribution in [0.15, 0.2) is 16.7 Å². The van der Waals surface area contributed by atoms with Crippen molar-refractivity contribution in [3.63, 3.8) is 0 Å². The number of aliphatic imine (C=N–C) groups is 1. The Hall–Kier alpha value is -0.525. The van der Waals surface area contributed by atoms with Crippen LogP contribution in [0.2, 0.25) is 0 Å². The van der Waals surface area contributed by atoms with E-state index in [9.17, 15) is 0 Å². The van der Waals surface area contributed by atoms with E-state index in [1.54, 1.807) is 0 Å². The van der Waals surface area contributed by atoms with E-state index < -0.39 is 0 Å². The molecule has 0 aliphatic heterocycles. The first kappa shape index (κ1) is 7.47. The van der Waals surface area contributed by atoms with Crippen molar-refractivity contribution in [3.8, 4) is 0 Å². The molecule has 44 valence electrons. The topological polar surface area (TPSA) is 12.4 Å². The van der Waals surface area contributed by atoms with Crippen LogP contribution < -0.4 is 0 Å². The molecule has 0 fully saturated rings. The molecule has 0 bridgehead atoms. The monoisotopic (exact) mass is 109 g/mol. The molecule has 0 unspecified atom stereocenters. The van der Waals surface area contributed by atoms with Gasteiger partial charge in [0.15, 0.2) is 0 Å². The summed E-state index contributed by atoms with van der Waals surface area (Å²) in [5.41, 5.74) is 2.34. The number of nitrogens with zero attached hydrogens (tertiary/aromatic N) is 1. The molecular formula is C6H12BN. The van der Waals surface area contributed by atoms with Gasteiger partial charge in [-0.15, -0.1) is 0 Å². The maximum absolute atomic E-state index is 4.08. The highest BCUT2D eigenvalue weighted by Crippen LogP contribution is 1.84. The van der Waals surface area contributed by atoms with E-state index in [4.69, 9.17) is 0 Å². The molecule has 0 saturated heterocycles. The second-order valence-corrected chi connectivity index (χ2v) is 2.28. The van der Waals surface area contributed by atoms with Gasteiger partial charge in [0, 0.05) is 11.9 Å². The second-order valence-electron chi connectivity index (χ2n) is 2.28. The van der Waals surface area contributed by atoms with Gasteiger partial charge < -0.3 is 0 Å². The van der Waals surface area contributed by atoms with Crippen LogP contribution in [0, 0.1) is 0 Å². The van der Waals surface area contributed by atoms with Crippen LogP contribution in [-0.4, -0.2) is 13.6 Å². The summed E-state index contributed by atoms with van der Waals surface area (Å²) < 4.78 is 0. The predicted molar refractivity (Wildman–Crippen MR) is 41.1 cm³/mol. The van der Waals surface area contributed by atoms with Gasteiger partial charge in [0.25, 0.3) is 0 Å². The highest BCUT2D eigenvalue weighted by atomic mass is 14.7. The lowest BCUT2D eigenvalue weighted by Crippen LogP contribution is -1.77. The molecule has 2 heteroatoms. The zero-order chi connectivity index (χ0) is 6.57. The molecule has 0 heterocycles. The molecule has 0 radical (unpaired) electrons. The number of rotatable bonds is 1. The fraction of sp³-hybridized carbons (Fsp3) is 0.500. The van der Waals surface area contributed by atoms with E-state index in [1.165, 1.54) is 5.47 Å². The van der Waals surface area contributed by atoms with Gasteiger partial charge in [-0.3, -0.25) is 4.99 Å². The van der Waals surface area contributed by atoms with Crippen LogP contribution in [0.4, 0.5) is 0 Å². The van der Waals surface area contributed by atoms with Crippen LogP contribution in [0.1, 0.15) is 20.8 Å². The third kappa shape index (κ3) is 5.47. The molecule has 0 N–H and O–H groups in total. The fourth-order valence-corrected chi connectivity index (χ4v) is 0.258. The summed E-state index contributed by atoms with van der Waals surface area (Å²) >= 11 is 0. The van der Waals surface area contributed by atoms with Gasteiger partial charge >= 0.3 is 0 Å². The van der Waals surface area contributed by atoms with E-state index in [-0.39, 0.29) is 0 Å². The lowest BCUT2D eigenvalue weighted by molar-refractivity contribution is 1.45. The molecule has 0 aromatic rings. The van der Waals surface area contributed by atoms with Crippen LogP contribution in [-0.2, 0) is 0 Å². The predicted octanol–water partition coefficient (Wildman–Crippen LogP) is 0.962. The molecule has 0 aliphatic rings. The summed E-state index contributed by atoms with van der Waals surface area (Å²) in [6, 6.07) is 0. The van der Waals surface area contributed by atoms with E-state index in [0.717, 1.165) is 5.71 Å². The zero-order valence-electron chi connectivity index (χ0n) is 6.02. The fourth-order valence-electron chi connectivity index (χ4n) is 0.258. The summed E-state index contributed by atoms with van der Waals surface area (Å²) in [5, 5.41) is 0. The van der Waals surface area contributed by atoms with Crippen molar-refractivity contribution in [2.75, 3.05) is 0 Å². The first-order valence-corrected chi connectivity index (χ1v) is 2.77. The Bertz CT molecular complexity index is 100. The standard InChI is InChI=1S/C6H12BN/c1-5(2)8-4-6(3)7/h4H,7H2,1-3H3/b6-4-. The van der Waals surface area contributed by atoms with Crippen LogP contribution in [0.3, 0.4) is 0 Å². The van der Waals surface area contributed by atoms with Crippen LogP contribution in [0.5, 0.6) is 0 Å². The first-order valence-electron chi connectivity index (χ1n) is 2.77. The Morgan fingerprint density at radius 2 is 1.88 bits per heavy atom. The molecule has 8 heavy (non-hydrogen) atoms. The van der Waals surface area contributed by atoms with E-state index in [1.807, 2.05) is 34.8 Å². The van der Waals surface area contributed by atoms with Gasteiger partial charge in [-0.1, -0.05) is 12.4 Å². The Labute approximate surface area is 51.9 Å². The SMILES string of the molecule is B/C(C)=C\N=C(C)C. The van der Waals surface area contributed by atoms with Crippen molar-refractivity contribution < 1.29 is 0 Å². The zero-order valence-corrected chi connectivity index (χ0v) is 6.02. The quantitative estimate of drug-likeness (QED) is 0.351. The van der Waals surface area contributed by atoms with Crippen molar-refractivity contribution in [3.05, 3.63) is 11.7 Å². The molecule has 0 aliphatic carbocycles. The lowest BCUT2D eigenvalue weighted by Gasteiger charge is -1.84. The summed E-state index contributed by atoms with van der Waals surface area (Å²) in [6.45, 7) is 6.01. The third-order valence-corrected chi connectivity index (χ3v) is 0.581. The van der Waals surface area contributed by atoms with Gasteiger partial charge in [-0.2, -0.15) is 0 Å². The Kier molecular flexibility index (Phi) is 3.25. The molecule has 1 nitrogen and oxygen atoms in total. The van der Waals surface area contributed by atoms with Gasteiger partial charge in [-0.05, 0) is 13.8 Å². The summed E-state index contributed by atoms with van der Waals surface area (Å²) in [5.74, 6) is 0. The molecule has 0 amide bonds. The van der Waals surface area contributed by atoms with Crippen LogP contribution >= 0.6 is 0 Å². The van der Waals surface area contributed by atoms with E-state index in [0.29, 0.717) is 0 Å².